The molecule has 0 amide bonds. The number of carbonyl (C=O) groups excluding carboxylic acids is 3. The number of aliphatic hydroxyl groups excluding tert-OH is 2. The van der Waals surface area contributed by atoms with Crippen molar-refractivity contribution in [3.63, 3.8) is 0 Å². The van der Waals surface area contributed by atoms with Crippen LogP contribution in [0, 0.1) is 0 Å². The maximum absolute atomic E-state index is 13.2. The highest BCUT2D eigenvalue weighted by atomic mass is 16.7. The van der Waals surface area contributed by atoms with Crippen LogP contribution in [0.15, 0.2) is 134 Å². The number of carbonyl (C=O) groups is 4. The molecule has 6 atom stereocenters. The van der Waals surface area contributed by atoms with E-state index in [0.29, 0.717) is 25.7 Å². The minimum absolute atomic E-state index is 0.0305. The van der Waals surface area contributed by atoms with Crippen molar-refractivity contribution < 1.29 is 58.2 Å². The molecule has 6 unspecified atom stereocenters. The van der Waals surface area contributed by atoms with Gasteiger partial charge in [0.2, 0.25) is 0 Å². The van der Waals surface area contributed by atoms with Crippen LogP contribution in [0.1, 0.15) is 239 Å². The van der Waals surface area contributed by atoms with E-state index < -0.39 is 67.3 Å². The summed E-state index contributed by atoms with van der Waals surface area (Å²) in [7, 11) is 0. The molecule has 12 nitrogen and oxygen atoms in total. The van der Waals surface area contributed by atoms with Gasteiger partial charge in [-0.25, -0.2) is 4.79 Å². The van der Waals surface area contributed by atoms with Gasteiger partial charge in [-0.2, -0.15) is 0 Å². The van der Waals surface area contributed by atoms with Gasteiger partial charge in [-0.3, -0.25) is 14.4 Å². The van der Waals surface area contributed by atoms with E-state index in [1.54, 1.807) is 0 Å². The van der Waals surface area contributed by atoms with Gasteiger partial charge in [0.15, 0.2) is 24.6 Å². The second kappa shape index (κ2) is 57.3. The number of carboxylic acid groups (broad SMARTS) is 1. The molecule has 0 radical (unpaired) electrons. The maximum Gasteiger partial charge on any atom is 0.335 e. The van der Waals surface area contributed by atoms with Crippen molar-refractivity contribution >= 4 is 23.9 Å². The van der Waals surface area contributed by atoms with E-state index >= 15 is 0 Å². The molecule has 83 heavy (non-hydrogen) atoms. The molecular weight excluding hydrogens is 1040 g/mol. The third-order valence-electron chi connectivity index (χ3n) is 13.7. The van der Waals surface area contributed by atoms with Crippen LogP contribution in [0.2, 0.25) is 0 Å². The van der Waals surface area contributed by atoms with Gasteiger partial charge in [-0.05, 0) is 128 Å². The fraction of sp³-hybridized carbons (Fsp3) is 0.634. The first-order chi connectivity index (χ1) is 40.6. The first-order valence-corrected chi connectivity index (χ1v) is 32.2. The van der Waals surface area contributed by atoms with Crippen LogP contribution in [-0.2, 0) is 42.9 Å². The molecule has 1 fully saturated rings. The lowest BCUT2D eigenvalue weighted by Gasteiger charge is -2.40. The molecule has 0 saturated carbocycles. The van der Waals surface area contributed by atoms with Gasteiger partial charge in [0.25, 0.3) is 0 Å². The fourth-order valence-electron chi connectivity index (χ4n) is 8.84. The summed E-state index contributed by atoms with van der Waals surface area (Å²) >= 11 is 0. The zero-order valence-electron chi connectivity index (χ0n) is 51.6. The molecule has 0 aliphatic carbocycles. The Kier molecular flexibility index (Phi) is 52.4. The smallest absolute Gasteiger partial charge is 0.335 e. The summed E-state index contributed by atoms with van der Waals surface area (Å²) < 4.78 is 28.4. The van der Waals surface area contributed by atoms with Crippen molar-refractivity contribution in [1.29, 1.82) is 0 Å². The monoisotopic (exact) mass is 1160 g/mol. The average molecular weight is 1160 g/mol. The maximum atomic E-state index is 13.2. The van der Waals surface area contributed by atoms with Crippen LogP contribution < -0.4 is 0 Å². The predicted molar refractivity (Wildman–Crippen MR) is 340 cm³/mol. The van der Waals surface area contributed by atoms with E-state index in [9.17, 15) is 34.5 Å². The van der Waals surface area contributed by atoms with Crippen molar-refractivity contribution in [3.05, 3.63) is 134 Å². The Bertz CT molecular complexity index is 1950. The summed E-state index contributed by atoms with van der Waals surface area (Å²) in [5.41, 5.74) is 0. The molecule has 1 rings (SSSR count). The number of hydrogen-bond donors (Lipinski definition) is 3. The minimum atomic E-state index is -1.93. The van der Waals surface area contributed by atoms with Crippen molar-refractivity contribution in [3.8, 4) is 0 Å². The van der Waals surface area contributed by atoms with Crippen molar-refractivity contribution in [2.75, 3.05) is 13.2 Å². The molecule has 0 aromatic heterocycles. The fourth-order valence-corrected chi connectivity index (χ4v) is 8.84. The number of esters is 3. The van der Waals surface area contributed by atoms with Gasteiger partial charge in [0, 0.05) is 19.3 Å². The summed E-state index contributed by atoms with van der Waals surface area (Å²) in [5, 5.41) is 31.6. The minimum Gasteiger partial charge on any atom is -0.479 e. The number of carboxylic acids is 1. The zero-order valence-corrected chi connectivity index (χ0v) is 51.6. The lowest BCUT2D eigenvalue weighted by Crippen LogP contribution is -2.61. The Hall–Kier alpha value is -5.14. The number of ether oxygens (including phenoxy) is 5. The summed E-state index contributed by atoms with van der Waals surface area (Å²) in [6, 6.07) is 0. The quantitative estimate of drug-likeness (QED) is 0.0228. The Labute approximate surface area is 502 Å². The number of aliphatic hydroxyl groups is 2. The number of allylic oxidation sites excluding steroid dienone is 22. The summed E-state index contributed by atoms with van der Waals surface area (Å²) in [4.78, 5) is 51.3. The summed E-state index contributed by atoms with van der Waals surface area (Å²) in [6.45, 7) is 5.69. The van der Waals surface area contributed by atoms with Gasteiger partial charge in [-0.15, -0.1) is 0 Å². The second-order valence-corrected chi connectivity index (χ2v) is 21.3. The number of unbranched alkanes of at least 4 members (excludes halogenated alkanes) is 17. The highest BCUT2D eigenvalue weighted by Gasteiger charge is 2.50. The van der Waals surface area contributed by atoms with E-state index in [0.717, 1.165) is 154 Å². The van der Waals surface area contributed by atoms with Crippen LogP contribution >= 0.6 is 0 Å². The average Bonchev–Trinajstić information content (AvgIpc) is 3.58. The topological polar surface area (TPSA) is 175 Å². The largest absolute Gasteiger partial charge is 0.479 e. The first-order valence-electron chi connectivity index (χ1n) is 32.2. The molecule has 1 heterocycles. The van der Waals surface area contributed by atoms with Crippen LogP contribution in [0.3, 0.4) is 0 Å². The Morgan fingerprint density at radius 2 is 0.771 bits per heavy atom. The van der Waals surface area contributed by atoms with Crippen LogP contribution in [-0.4, -0.2) is 89.2 Å². The molecule has 3 N–H and O–H groups in total. The Morgan fingerprint density at radius 3 is 1.19 bits per heavy atom. The molecule has 1 aliphatic rings. The van der Waals surface area contributed by atoms with Crippen molar-refractivity contribution in [1.82, 2.24) is 0 Å². The highest BCUT2D eigenvalue weighted by molar-refractivity contribution is 5.74. The number of hydrogen-bond acceptors (Lipinski definition) is 11. The highest BCUT2D eigenvalue weighted by Crippen LogP contribution is 2.26. The lowest BCUT2D eigenvalue weighted by molar-refractivity contribution is -0.301. The normalized spacial score (nSPS) is 18.5. The van der Waals surface area contributed by atoms with E-state index in [1.807, 2.05) is 6.08 Å². The summed E-state index contributed by atoms with van der Waals surface area (Å²) in [5.74, 6) is -3.24. The predicted octanol–water partition coefficient (Wildman–Crippen LogP) is 17.3. The molecule has 468 valence electrons. The standard InChI is InChI=1S/C71H112O12/c1-4-7-10-13-16-19-22-25-28-31-32-35-38-41-44-47-50-53-56-59-65(74)82-69-67(76)66(75)68(70(77)78)83-71(69)80-61-62(81-64(73)58-55-52-49-46-43-40-37-34-30-27-24-21-18-15-12-9-6-3)60-79-63(72)57-54-51-48-45-42-39-36-33-29-26-23-20-17-14-11-8-5-2/h7-8,10-11,16-21,25-30,32,35-36,39,45,48,62,66-69,71,75-76H,4-6,9,12-15,22-24,31,33-34,37-38,40-44,46-47,49-61H2,1-3H3,(H,77,78)/b10-7-,11-8-,19-16-,20-17-,21-18-,28-25-,29-26-,30-27-,35-32-,39-36-,48-45-. The lowest BCUT2D eigenvalue weighted by atomic mass is 9.98. The van der Waals surface area contributed by atoms with Crippen LogP contribution in [0.4, 0.5) is 0 Å². The first kappa shape index (κ1) is 75.9. The van der Waals surface area contributed by atoms with E-state index in [-0.39, 0.29) is 25.9 Å². The molecule has 0 spiro atoms. The Morgan fingerprint density at radius 1 is 0.410 bits per heavy atom. The van der Waals surface area contributed by atoms with Gasteiger partial charge in [0.1, 0.15) is 18.8 Å². The van der Waals surface area contributed by atoms with Crippen molar-refractivity contribution in [2.24, 2.45) is 0 Å². The molecule has 1 aliphatic heterocycles. The van der Waals surface area contributed by atoms with Gasteiger partial charge >= 0.3 is 23.9 Å². The van der Waals surface area contributed by atoms with Crippen LogP contribution in [0.5, 0.6) is 0 Å². The van der Waals surface area contributed by atoms with E-state index in [2.05, 4.69) is 148 Å². The number of aliphatic carboxylic acids is 1. The second-order valence-electron chi connectivity index (χ2n) is 21.3. The zero-order chi connectivity index (χ0) is 60.3. The third-order valence-corrected chi connectivity index (χ3v) is 13.7. The summed E-state index contributed by atoms with van der Waals surface area (Å²) in [6.07, 6.45) is 68.3. The van der Waals surface area contributed by atoms with E-state index in [4.69, 9.17) is 23.7 Å². The van der Waals surface area contributed by atoms with Gasteiger partial charge in [-0.1, -0.05) is 225 Å². The molecule has 0 aromatic rings. The molecule has 12 heteroatoms. The molecular formula is C71H112O12. The third kappa shape index (κ3) is 46.9. The van der Waals surface area contributed by atoms with Crippen molar-refractivity contribution in [2.45, 2.75) is 276 Å². The van der Waals surface area contributed by atoms with Gasteiger partial charge in [0.05, 0.1) is 6.61 Å². The Balaban J connectivity index is 2.72. The van der Waals surface area contributed by atoms with Gasteiger partial charge < -0.3 is 39.0 Å². The van der Waals surface area contributed by atoms with E-state index in [1.165, 1.54) is 19.3 Å². The SMILES string of the molecule is CC/C=C\C/C=C\C/C=C\C/C=C\C/C=C\CCCC(=O)OCC(COC1OC(C(=O)O)C(O)C(O)C1OC(=O)CCCCCCCC/C=C\C/C=C\C/C=C\C/C=C\CC)OC(=O)CCCCCCCCC/C=C\C/C=C\CCCCC. The van der Waals surface area contributed by atoms with Crippen LogP contribution in [0.25, 0.3) is 0 Å². The molecule has 0 aromatic carbocycles. The molecule has 0 bridgehead atoms. The molecule has 1 saturated heterocycles. The number of rotatable bonds is 53.